The molecule has 0 aliphatic carbocycles. The zero-order chi connectivity index (χ0) is 20.9. The van der Waals surface area contributed by atoms with E-state index in [2.05, 4.69) is 38.2 Å². The Kier molecular flexibility index (Phi) is 6.38. The third kappa shape index (κ3) is 5.47. The lowest BCUT2D eigenvalue weighted by atomic mass is 9.87. The highest BCUT2D eigenvalue weighted by atomic mass is 16.5. The van der Waals surface area contributed by atoms with Crippen LogP contribution in [0.15, 0.2) is 84.9 Å². The quantitative estimate of drug-likeness (QED) is 0.593. The monoisotopic (exact) mass is 387 g/mol. The molecule has 150 valence electrons. The number of carbonyl (C=O) groups excluding carboxylic acids is 1. The molecule has 0 saturated heterocycles. The van der Waals surface area contributed by atoms with Gasteiger partial charge in [0.15, 0.2) is 6.10 Å². The van der Waals surface area contributed by atoms with Crippen LogP contribution >= 0.6 is 0 Å². The lowest BCUT2D eigenvalue weighted by Gasteiger charge is -2.23. The van der Waals surface area contributed by atoms with Gasteiger partial charge in [-0.2, -0.15) is 0 Å². The van der Waals surface area contributed by atoms with Gasteiger partial charge in [0.1, 0.15) is 5.75 Å². The van der Waals surface area contributed by atoms with Gasteiger partial charge >= 0.3 is 0 Å². The molecular formula is C26H29NO2. The van der Waals surface area contributed by atoms with Gasteiger partial charge in [0.25, 0.3) is 5.91 Å². The summed E-state index contributed by atoms with van der Waals surface area (Å²) in [4.78, 5) is 12.9. The molecule has 3 rings (SSSR count). The Bertz CT molecular complexity index is 873. The summed E-state index contributed by atoms with van der Waals surface area (Å²) >= 11 is 0. The molecule has 0 spiro atoms. The van der Waals surface area contributed by atoms with Crippen LogP contribution in [0.2, 0.25) is 0 Å². The first-order valence-electron chi connectivity index (χ1n) is 10.0. The number of carbonyl (C=O) groups is 1. The van der Waals surface area contributed by atoms with Crippen LogP contribution in [0.3, 0.4) is 0 Å². The molecular weight excluding hydrogens is 358 g/mol. The van der Waals surface area contributed by atoms with Gasteiger partial charge in [-0.05, 0) is 41.2 Å². The molecule has 0 saturated carbocycles. The van der Waals surface area contributed by atoms with Crippen molar-refractivity contribution < 1.29 is 9.53 Å². The van der Waals surface area contributed by atoms with Crippen LogP contribution in [0, 0.1) is 0 Å². The molecule has 1 N–H and O–H groups in total. The Morgan fingerprint density at radius 3 is 1.72 bits per heavy atom. The molecule has 1 unspecified atom stereocenters. The van der Waals surface area contributed by atoms with Crippen LogP contribution in [0.1, 0.15) is 50.4 Å². The van der Waals surface area contributed by atoms with Gasteiger partial charge in [-0.15, -0.1) is 0 Å². The molecule has 29 heavy (non-hydrogen) atoms. The van der Waals surface area contributed by atoms with Crippen LogP contribution in [0.5, 0.6) is 5.75 Å². The maximum absolute atomic E-state index is 12.9. The Morgan fingerprint density at radius 1 is 0.793 bits per heavy atom. The average Bonchev–Trinajstić information content (AvgIpc) is 2.73. The van der Waals surface area contributed by atoms with Crippen molar-refractivity contribution in [3.63, 3.8) is 0 Å². The maximum atomic E-state index is 12.9. The summed E-state index contributed by atoms with van der Waals surface area (Å²) in [6.07, 6.45) is -0.606. The van der Waals surface area contributed by atoms with Gasteiger partial charge in [-0.3, -0.25) is 4.79 Å². The van der Waals surface area contributed by atoms with E-state index in [1.54, 1.807) is 6.92 Å². The number of ether oxygens (including phenoxy) is 1. The van der Waals surface area contributed by atoms with E-state index in [4.69, 9.17) is 4.74 Å². The van der Waals surface area contributed by atoms with Crippen molar-refractivity contribution in [2.45, 2.75) is 45.3 Å². The standard InChI is InChI=1S/C26H29NO2/c1-19(29-23-17-15-22(16-18-23)26(2,3)4)25(28)27-24(20-11-7-5-8-12-20)21-13-9-6-10-14-21/h5-19,24H,1-4H3,(H,27,28). The zero-order valence-electron chi connectivity index (χ0n) is 17.6. The number of rotatable bonds is 6. The Balaban J connectivity index is 1.72. The summed E-state index contributed by atoms with van der Waals surface area (Å²) in [6.45, 7) is 8.30. The van der Waals surface area contributed by atoms with Crippen LogP contribution in [0.25, 0.3) is 0 Å². The van der Waals surface area contributed by atoms with E-state index in [9.17, 15) is 4.79 Å². The fourth-order valence-corrected chi connectivity index (χ4v) is 3.20. The molecule has 1 atom stereocenters. The van der Waals surface area contributed by atoms with E-state index in [0.29, 0.717) is 5.75 Å². The largest absolute Gasteiger partial charge is 0.481 e. The molecule has 0 radical (unpaired) electrons. The van der Waals surface area contributed by atoms with Crippen molar-refractivity contribution in [2.24, 2.45) is 0 Å². The summed E-state index contributed by atoms with van der Waals surface area (Å²) in [5.74, 6) is 0.541. The van der Waals surface area contributed by atoms with E-state index in [0.717, 1.165) is 11.1 Å². The number of nitrogens with one attached hydrogen (secondary N) is 1. The summed E-state index contributed by atoms with van der Waals surface area (Å²) in [5, 5.41) is 3.14. The van der Waals surface area contributed by atoms with Crippen LogP contribution < -0.4 is 10.1 Å². The van der Waals surface area contributed by atoms with E-state index >= 15 is 0 Å². The molecule has 0 aromatic heterocycles. The van der Waals surface area contributed by atoms with Gasteiger partial charge in [0.2, 0.25) is 0 Å². The second-order valence-electron chi connectivity index (χ2n) is 8.30. The Morgan fingerprint density at radius 2 is 1.28 bits per heavy atom. The molecule has 3 aromatic carbocycles. The predicted molar refractivity (Wildman–Crippen MR) is 118 cm³/mol. The van der Waals surface area contributed by atoms with E-state index < -0.39 is 6.10 Å². The Hall–Kier alpha value is -3.07. The molecule has 3 aromatic rings. The smallest absolute Gasteiger partial charge is 0.261 e. The highest BCUT2D eigenvalue weighted by molar-refractivity contribution is 5.81. The summed E-state index contributed by atoms with van der Waals surface area (Å²) in [5.41, 5.74) is 3.39. The zero-order valence-corrected chi connectivity index (χ0v) is 17.6. The van der Waals surface area contributed by atoms with Crippen LogP contribution in [-0.2, 0) is 10.2 Å². The summed E-state index contributed by atoms with van der Waals surface area (Å²) < 4.78 is 5.90. The molecule has 3 heteroatoms. The highest BCUT2D eigenvalue weighted by Gasteiger charge is 2.22. The average molecular weight is 388 g/mol. The first kappa shape index (κ1) is 20.7. The molecule has 0 aliphatic rings. The topological polar surface area (TPSA) is 38.3 Å². The Labute approximate surface area is 173 Å². The highest BCUT2D eigenvalue weighted by Crippen LogP contribution is 2.25. The van der Waals surface area contributed by atoms with Crippen molar-refractivity contribution in [3.05, 3.63) is 102 Å². The third-order valence-electron chi connectivity index (χ3n) is 4.95. The lowest BCUT2D eigenvalue weighted by molar-refractivity contribution is -0.127. The maximum Gasteiger partial charge on any atom is 0.261 e. The SMILES string of the molecule is CC(Oc1ccc(C(C)(C)C)cc1)C(=O)NC(c1ccccc1)c1ccccc1. The minimum absolute atomic E-state index is 0.0834. The molecule has 1 amide bonds. The van der Waals surface area contributed by atoms with Crippen LogP contribution in [0.4, 0.5) is 0 Å². The normalized spacial score (nSPS) is 12.4. The molecule has 0 aliphatic heterocycles. The minimum atomic E-state index is -0.606. The summed E-state index contributed by atoms with van der Waals surface area (Å²) in [7, 11) is 0. The van der Waals surface area contributed by atoms with E-state index in [1.165, 1.54) is 5.56 Å². The summed E-state index contributed by atoms with van der Waals surface area (Å²) in [6, 6.07) is 27.7. The predicted octanol–water partition coefficient (Wildman–Crippen LogP) is 5.66. The van der Waals surface area contributed by atoms with Crippen molar-refractivity contribution in [1.29, 1.82) is 0 Å². The first-order chi connectivity index (χ1) is 13.8. The van der Waals surface area contributed by atoms with Gasteiger partial charge in [0, 0.05) is 0 Å². The van der Waals surface area contributed by atoms with Crippen molar-refractivity contribution in [2.75, 3.05) is 0 Å². The second-order valence-corrected chi connectivity index (χ2v) is 8.30. The van der Waals surface area contributed by atoms with Crippen LogP contribution in [-0.4, -0.2) is 12.0 Å². The van der Waals surface area contributed by atoms with E-state index in [1.807, 2.05) is 72.8 Å². The fraction of sp³-hybridized carbons (Fsp3) is 0.269. The molecule has 3 nitrogen and oxygen atoms in total. The number of amides is 1. The van der Waals surface area contributed by atoms with Gasteiger partial charge in [0.05, 0.1) is 6.04 Å². The molecule has 0 fully saturated rings. The van der Waals surface area contributed by atoms with Gasteiger partial charge < -0.3 is 10.1 Å². The van der Waals surface area contributed by atoms with Gasteiger partial charge in [-0.1, -0.05) is 93.6 Å². The van der Waals surface area contributed by atoms with Crippen molar-refractivity contribution >= 4 is 5.91 Å². The van der Waals surface area contributed by atoms with Crippen molar-refractivity contribution in [1.82, 2.24) is 5.32 Å². The van der Waals surface area contributed by atoms with Crippen molar-refractivity contribution in [3.8, 4) is 5.75 Å². The molecule has 0 bridgehead atoms. The third-order valence-corrected chi connectivity index (χ3v) is 4.95. The van der Waals surface area contributed by atoms with Gasteiger partial charge in [-0.25, -0.2) is 0 Å². The first-order valence-corrected chi connectivity index (χ1v) is 10.0. The molecule has 0 heterocycles. The minimum Gasteiger partial charge on any atom is -0.481 e. The number of benzene rings is 3. The fourth-order valence-electron chi connectivity index (χ4n) is 3.20. The number of hydrogen-bond acceptors (Lipinski definition) is 2. The second kappa shape index (κ2) is 8.95. The lowest BCUT2D eigenvalue weighted by Crippen LogP contribution is -2.39. The van der Waals surface area contributed by atoms with E-state index in [-0.39, 0.29) is 17.4 Å². The number of hydrogen-bond donors (Lipinski definition) is 1.